The lowest BCUT2D eigenvalue weighted by molar-refractivity contribution is -0.367. The van der Waals surface area contributed by atoms with Crippen LogP contribution in [0.4, 0.5) is 49.7 Å². The fraction of sp³-hybridized carbons (Fsp3) is 0.440. The molecule has 10 nitrogen and oxygen atoms in total. The molecule has 0 aliphatic carbocycles. The average Bonchev–Trinajstić information content (AvgIpc) is 3.49. The molecule has 0 unspecified atom stereocenters. The molecule has 2 atom stereocenters. The van der Waals surface area contributed by atoms with Gasteiger partial charge in [-0.1, -0.05) is 0 Å². The minimum atomic E-state index is -6.28. The van der Waals surface area contributed by atoms with Crippen LogP contribution in [0.2, 0.25) is 0 Å². The first-order chi connectivity index (χ1) is 20.7. The Labute approximate surface area is 245 Å². The van der Waals surface area contributed by atoms with Crippen LogP contribution in [0.5, 0.6) is 5.75 Å². The second-order valence-corrected chi connectivity index (χ2v) is 9.92. The highest BCUT2D eigenvalue weighted by atomic mass is 19.4. The normalized spacial score (nSPS) is 18.0. The van der Waals surface area contributed by atoms with E-state index >= 15 is 0 Å². The molecule has 1 fully saturated rings. The molecule has 2 amide bonds. The van der Waals surface area contributed by atoms with Crippen LogP contribution in [0, 0.1) is 0 Å². The number of nitrogen functional groups attached to an aromatic ring is 1. The number of halogens is 10. The smallest absolute Gasteiger partial charge is 0.426 e. The first kappa shape index (κ1) is 33.5. The number of rotatable bonds is 7. The van der Waals surface area contributed by atoms with E-state index in [0.717, 1.165) is 16.9 Å². The monoisotopic (exact) mass is 660 g/mol. The molecule has 1 saturated heterocycles. The lowest BCUT2D eigenvalue weighted by atomic mass is 9.97. The molecule has 3 heterocycles. The van der Waals surface area contributed by atoms with Gasteiger partial charge in [-0.2, -0.15) is 44.6 Å². The van der Waals surface area contributed by atoms with E-state index in [1.807, 2.05) is 0 Å². The number of nitrogens with two attached hydrogens (primary N) is 1. The maximum atomic E-state index is 14.8. The Balaban J connectivity index is 1.62. The number of nitrogens with one attached hydrogen (secondary N) is 1. The van der Waals surface area contributed by atoms with Crippen LogP contribution in [0.25, 0.3) is 16.8 Å². The minimum Gasteiger partial charge on any atom is -0.493 e. The van der Waals surface area contributed by atoms with Gasteiger partial charge < -0.3 is 25.8 Å². The summed E-state index contributed by atoms with van der Waals surface area (Å²) in [5.41, 5.74) is -2.06. The molecule has 20 heteroatoms. The number of nitrogens with zero attached hydrogens (tertiary/aromatic N) is 4. The summed E-state index contributed by atoms with van der Waals surface area (Å²) in [6, 6.07) is 2.66. The summed E-state index contributed by atoms with van der Waals surface area (Å²) in [7, 11) is 0. The predicted octanol–water partition coefficient (Wildman–Crippen LogP) is 3.92. The SMILES string of the molecule is CCOc1ccc(-c2cc(C(F)(F)F)c3c(N)ncnn23)cc1C(=O)N[C@@H]1CN(C(=O)CC(O)(C(F)(F)F)C(F)(F)F)C[C@@H]1F. The molecule has 0 saturated carbocycles. The minimum absolute atomic E-state index is 0.00553. The zero-order valence-corrected chi connectivity index (χ0v) is 22.7. The molecular weight excluding hydrogens is 638 g/mol. The molecule has 246 valence electrons. The van der Waals surface area contributed by atoms with Crippen molar-refractivity contribution in [3.05, 3.63) is 41.7 Å². The van der Waals surface area contributed by atoms with Crippen LogP contribution < -0.4 is 15.8 Å². The molecule has 45 heavy (non-hydrogen) atoms. The molecule has 0 radical (unpaired) electrons. The lowest BCUT2D eigenvalue weighted by Crippen LogP contribution is -2.59. The Kier molecular flexibility index (Phi) is 8.59. The third-order valence-corrected chi connectivity index (χ3v) is 6.97. The van der Waals surface area contributed by atoms with Crippen LogP contribution in [0.15, 0.2) is 30.6 Å². The number of anilines is 1. The van der Waals surface area contributed by atoms with Crippen LogP contribution in [-0.4, -0.2) is 86.3 Å². The van der Waals surface area contributed by atoms with E-state index in [4.69, 9.17) is 10.5 Å². The van der Waals surface area contributed by atoms with Gasteiger partial charge in [-0.05, 0) is 31.2 Å². The zero-order chi connectivity index (χ0) is 33.7. The standard InChI is InChI=1S/C25H22F10N6O4/c1-2-45-17-4-3-11(16-6-13(23(27,28)29)19-20(36)37-10-38-41(16)19)5-12(17)21(43)39-15-9-40(8-14(15)26)18(42)7-22(44,24(30,31)32)25(33,34)35/h3-6,10,14-15,44H,2,7-9H2,1H3,(H,39,43)(H2,36,37,38)/t14-,15+/m0/s1. The number of alkyl halides is 10. The summed E-state index contributed by atoms with van der Waals surface area (Å²) in [4.78, 5) is 29.4. The molecule has 1 aliphatic heterocycles. The van der Waals surface area contributed by atoms with E-state index < -0.39 is 84.6 Å². The Bertz CT molecular complexity index is 1590. The largest absolute Gasteiger partial charge is 0.493 e. The Morgan fingerprint density at radius 3 is 2.29 bits per heavy atom. The molecular formula is C25H22F10N6O4. The predicted molar refractivity (Wildman–Crippen MR) is 133 cm³/mol. The highest BCUT2D eigenvalue weighted by Gasteiger charge is 2.71. The van der Waals surface area contributed by atoms with E-state index in [1.54, 1.807) is 0 Å². The fourth-order valence-electron chi connectivity index (χ4n) is 4.68. The van der Waals surface area contributed by atoms with Crippen molar-refractivity contribution in [1.82, 2.24) is 24.8 Å². The van der Waals surface area contributed by atoms with Gasteiger partial charge in [-0.25, -0.2) is 13.9 Å². The van der Waals surface area contributed by atoms with Crippen LogP contribution in [0.3, 0.4) is 0 Å². The quantitative estimate of drug-likeness (QED) is 0.327. The maximum Gasteiger partial charge on any atom is 0.426 e. The van der Waals surface area contributed by atoms with Gasteiger partial charge in [0.05, 0.1) is 42.4 Å². The summed E-state index contributed by atoms with van der Waals surface area (Å²) in [6.45, 7) is -0.345. The number of carbonyl (C=O) groups excluding carboxylic acids is 2. The fourth-order valence-corrected chi connectivity index (χ4v) is 4.68. The first-order valence-electron chi connectivity index (χ1n) is 12.7. The van der Waals surface area contributed by atoms with Crippen molar-refractivity contribution in [2.75, 3.05) is 25.4 Å². The van der Waals surface area contributed by atoms with Gasteiger partial charge in [0.1, 0.15) is 23.8 Å². The number of ether oxygens (including phenoxy) is 1. The third kappa shape index (κ3) is 6.27. The van der Waals surface area contributed by atoms with Gasteiger partial charge in [-0.15, -0.1) is 0 Å². The molecule has 0 spiro atoms. The van der Waals surface area contributed by atoms with Gasteiger partial charge in [0.25, 0.3) is 11.5 Å². The molecule has 3 aromatic rings. The highest BCUT2D eigenvalue weighted by Crippen LogP contribution is 2.46. The lowest BCUT2D eigenvalue weighted by Gasteiger charge is -2.32. The molecule has 0 bridgehead atoms. The van der Waals surface area contributed by atoms with Crippen molar-refractivity contribution in [3.63, 3.8) is 0 Å². The number of benzene rings is 1. The number of fused-ring (bicyclic) bond motifs is 1. The van der Waals surface area contributed by atoms with Gasteiger partial charge in [-0.3, -0.25) is 9.59 Å². The molecule has 1 aliphatic rings. The number of hydrogen-bond donors (Lipinski definition) is 3. The Morgan fingerprint density at radius 1 is 1.07 bits per heavy atom. The molecule has 2 aromatic heterocycles. The van der Waals surface area contributed by atoms with E-state index in [-0.39, 0.29) is 34.1 Å². The van der Waals surface area contributed by atoms with E-state index in [2.05, 4.69) is 15.4 Å². The molecule has 1 aromatic carbocycles. The van der Waals surface area contributed by atoms with Crippen molar-refractivity contribution in [2.24, 2.45) is 0 Å². The van der Waals surface area contributed by atoms with E-state index in [9.17, 15) is 58.6 Å². The molecule has 4 rings (SSSR count). The topological polar surface area (TPSA) is 135 Å². The van der Waals surface area contributed by atoms with Gasteiger partial charge in [0.2, 0.25) is 5.91 Å². The average molecular weight is 660 g/mol. The van der Waals surface area contributed by atoms with Crippen molar-refractivity contribution in [3.8, 4) is 17.0 Å². The summed E-state index contributed by atoms with van der Waals surface area (Å²) < 4.78 is 140. The number of hydrogen-bond acceptors (Lipinski definition) is 7. The summed E-state index contributed by atoms with van der Waals surface area (Å²) in [5.74, 6) is -3.60. The van der Waals surface area contributed by atoms with Crippen molar-refractivity contribution in [2.45, 2.75) is 49.7 Å². The number of aromatic nitrogens is 3. The van der Waals surface area contributed by atoms with E-state index in [0.29, 0.717) is 6.07 Å². The molecule has 4 N–H and O–H groups in total. The summed E-state index contributed by atoms with van der Waals surface area (Å²) in [6.07, 6.45) is -21.2. The number of aliphatic hydroxyl groups is 1. The van der Waals surface area contributed by atoms with Crippen LogP contribution in [0.1, 0.15) is 29.3 Å². The van der Waals surface area contributed by atoms with E-state index in [1.165, 1.54) is 19.1 Å². The highest BCUT2D eigenvalue weighted by molar-refractivity contribution is 5.98. The number of likely N-dealkylation sites (tertiary alicyclic amines) is 1. The second-order valence-electron chi connectivity index (χ2n) is 9.92. The van der Waals surface area contributed by atoms with Gasteiger partial charge in [0.15, 0.2) is 5.82 Å². The Hall–Kier alpha value is -4.36. The third-order valence-electron chi connectivity index (χ3n) is 6.97. The van der Waals surface area contributed by atoms with Gasteiger partial charge in [0, 0.05) is 12.1 Å². The van der Waals surface area contributed by atoms with Crippen LogP contribution >= 0.6 is 0 Å². The number of carbonyl (C=O) groups is 2. The summed E-state index contributed by atoms with van der Waals surface area (Å²) >= 11 is 0. The maximum absolute atomic E-state index is 14.8. The van der Waals surface area contributed by atoms with Gasteiger partial charge >= 0.3 is 18.5 Å². The second kappa shape index (κ2) is 11.5. The first-order valence-corrected chi connectivity index (χ1v) is 12.7. The van der Waals surface area contributed by atoms with Crippen LogP contribution in [-0.2, 0) is 11.0 Å². The Morgan fingerprint density at radius 2 is 1.71 bits per heavy atom. The van der Waals surface area contributed by atoms with Crippen molar-refractivity contribution in [1.29, 1.82) is 0 Å². The number of amides is 2. The van der Waals surface area contributed by atoms with Crippen molar-refractivity contribution >= 4 is 23.1 Å². The zero-order valence-electron chi connectivity index (χ0n) is 22.7. The summed E-state index contributed by atoms with van der Waals surface area (Å²) in [5, 5.41) is 15.3. The van der Waals surface area contributed by atoms with Crippen molar-refractivity contribution < 1.29 is 63.3 Å².